The van der Waals surface area contributed by atoms with Gasteiger partial charge < -0.3 is 19.5 Å². The maximum Gasteiger partial charge on any atom is 0.230 e. The Kier molecular flexibility index (Phi) is 7.11. The molecule has 148 valence electrons. The number of hydrogen-bond donors (Lipinski definition) is 1. The molecule has 0 atom stereocenters. The van der Waals surface area contributed by atoms with E-state index in [-0.39, 0.29) is 5.91 Å². The molecule has 1 amide bonds. The summed E-state index contributed by atoms with van der Waals surface area (Å²) in [5.41, 5.74) is 3.03. The lowest BCUT2D eigenvalue weighted by Gasteiger charge is -2.15. The number of amides is 1. The van der Waals surface area contributed by atoms with Crippen molar-refractivity contribution >= 4 is 39.5 Å². The topological polar surface area (TPSA) is 69.2 Å². The number of benzene rings is 2. The van der Waals surface area contributed by atoms with E-state index < -0.39 is 0 Å². The molecule has 0 unspecified atom stereocenters. The molecule has 1 heterocycles. The summed E-state index contributed by atoms with van der Waals surface area (Å²) in [5, 5.41) is 2.92. The number of carbonyl (C=O) groups excluding carboxylic acids is 1. The van der Waals surface area contributed by atoms with Crippen LogP contribution in [0.5, 0.6) is 17.2 Å². The predicted molar refractivity (Wildman–Crippen MR) is 115 cm³/mol. The van der Waals surface area contributed by atoms with Crippen molar-refractivity contribution < 1.29 is 19.0 Å². The molecule has 1 aliphatic heterocycles. The van der Waals surface area contributed by atoms with E-state index in [1.54, 1.807) is 39.2 Å². The van der Waals surface area contributed by atoms with Gasteiger partial charge in [-0.15, -0.1) is 0 Å². The first-order valence-corrected chi connectivity index (χ1v) is 10.6. The van der Waals surface area contributed by atoms with Crippen molar-refractivity contribution in [3.8, 4) is 17.2 Å². The normalized spacial score (nSPS) is 12.6. The molecule has 0 aromatic heterocycles. The van der Waals surface area contributed by atoms with Gasteiger partial charge in [0.05, 0.1) is 32.8 Å². The number of nitrogens with zero attached hydrogens (tertiary/aromatic N) is 1. The van der Waals surface area contributed by atoms with Crippen LogP contribution in [0.3, 0.4) is 0 Å². The molecule has 3 rings (SSSR count). The number of methoxy groups -OCH3 is 3. The smallest absolute Gasteiger partial charge is 0.230 e. The summed E-state index contributed by atoms with van der Waals surface area (Å²) >= 11 is 3.11. The van der Waals surface area contributed by atoms with Gasteiger partial charge in [0.25, 0.3) is 0 Å². The lowest BCUT2D eigenvalue weighted by Crippen LogP contribution is -2.25. The summed E-state index contributed by atoms with van der Waals surface area (Å²) in [6.07, 6.45) is 0. The summed E-state index contributed by atoms with van der Waals surface area (Å²) in [6.45, 7) is 0.339. The van der Waals surface area contributed by atoms with Crippen molar-refractivity contribution in [2.45, 2.75) is 12.3 Å². The molecule has 1 N–H and O–H groups in total. The van der Waals surface area contributed by atoms with Crippen molar-refractivity contribution in [3.63, 3.8) is 0 Å². The lowest BCUT2D eigenvalue weighted by atomic mass is 10.1. The Bertz CT molecular complexity index is 887. The predicted octanol–water partition coefficient (Wildman–Crippen LogP) is 4.00. The van der Waals surface area contributed by atoms with Crippen LogP contribution in [0.15, 0.2) is 41.4 Å². The van der Waals surface area contributed by atoms with E-state index in [1.165, 1.54) is 17.3 Å². The molecule has 0 fully saturated rings. The number of hydrogen-bond acceptors (Lipinski definition) is 7. The number of rotatable bonds is 7. The fourth-order valence-corrected chi connectivity index (χ4v) is 4.58. The minimum atomic E-state index is -0.0657. The zero-order chi connectivity index (χ0) is 19.9. The average Bonchev–Trinajstić information content (AvgIpc) is 2.75. The molecule has 8 heteroatoms. The van der Waals surface area contributed by atoms with E-state index in [0.717, 1.165) is 21.4 Å². The van der Waals surface area contributed by atoms with E-state index in [4.69, 9.17) is 14.2 Å². The molecule has 28 heavy (non-hydrogen) atoms. The van der Waals surface area contributed by atoms with Crippen LogP contribution in [0.25, 0.3) is 0 Å². The van der Waals surface area contributed by atoms with Gasteiger partial charge in [-0.2, -0.15) is 0 Å². The van der Waals surface area contributed by atoms with E-state index in [0.29, 0.717) is 29.5 Å². The molecule has 2 aromatic carbocycles. The van der Waals surface area contributed by atoms with E-state index in [2.05, 4.69) is 16.4 Å². The molecule has 0 saturated carbocycles. The number of ether oxygens (including phenoxy) is 3. The highest BCUT2D eigenvalue weighted by Gasteiger charge is 2.15. The maximum absolute atomic E-state index is 12.3. The number of fused-ring (bicyclic) bond motifs is 1. The Morgan fingerprint density at radius 1 is 1.11 bits per heavy atom. The van der Waals surface area contributed by atoms with Gasteiger partial charge in [-0.1, -0.05) is 41.7 Å². The van der Waals surface area contributed by atoms with Gasteiger partial charge in [0.15, 0.2) is 11.5 Å². The molecule has 0 aliphatic carbocycles. The molecule has 1 aliphatic rings. The minimum Gasteiger partial charge on any atom is -0.496 e. The van der Waals surface area contributed by atoms with Gasteiger partial charge >= 0.3 is 0 Å². The Hall–Kier alpha value is -2.32. The van der Waals surface area contributed by atoms with Gasteiger partial charge in [0, 0.05) is 23.9 Å². The summed E-state index contributed by atoms with van der Waals surface area (Å²) in [5.74, 6) is 2.93. The second kappa shape index (κ2) is 9.75. The highest BCUT2D eigenvalue weighted by Crippen LogP contribution is 2.35. The Labute approximate surface area is 173 Å². The molecular weight excluding hydrogens is 396 g/mol. The van der Waals surface area contributed by atoms with Crippen molar-refractivity contribution in [2.75, 3.05) is 27.1 Å². The quantitative estimate of drug-likeness (QED) is 0.733. The number of thioether (sulfide) groups is 2. The Balaban J connectivity index is 1.57. The fourth-order valence-electron chi connectivity index (χ4n) is 2.69. The maximum atomic E-state index is 12.3. The van der Waals surface area contributed by atoms with Gasteiger partial charge in [0.2, 0.25) is 5.91 Å². The number of para-hydroxylation sites is 1. The fraction of sp³-hybridized carbons (Fsp3) is 0.300. The SMILES string of the molecule is COc1cc(OC)c(OC)cc1CNC(=O)CSC1=Nc2ccccc2CS1. The van der Waals surface area contributed by atoms with Crippen molar-refractivity contribution in [1.29, 1.82) is 0 Å². The van der Waals surface area contributed by atoms with Crippen LogP contribution < -0.4 is 19.5 Å². The molecular formula is C20H22N2O4S2. The number of aliphatic imine (C=N–C) groups is 1. The van der Waals surface area contributed by atoms with Crippen LogP contribution in [-0.4, -0.2) is 37.4 Å². The summed E-state index contributed by atoms with van der Waals surface area (Å²) in [6, 6.07) is 11.6. The summed E-state index contributed by atoms with van der Waals surface area (Å²) in [4.78, 5) is 16.9. The van der Waals surface area contributed by atoms with Crippen LogP contribution in [0, 0.1) is 0 Å². The third kappa shape index (κ3) is 4.94. The highest BCUT2D eigenvalue weighted by molar-refractivity contribution is 8.38. The van der Waals surface area contributed by atoms with Crippen LogP contribution in [0.2, 0.25) is 0 Å². The van der Waals surface area contributed by atoms with E-state index >= 15 is 0 Å². The monoisotopic (exact) mass is 418 g/mol. The van der Waals surface area contributed by atoms with Crippen LogP contribution >= 0.6 is 23.5 Å². The zero-order valence-electron chi connectivity index (χ0n) is 16.0. The van der Waals surface area contributed by atoms with Crippen LogP contribution in [0.4, 0.5) is 5.69 Å². The summed E-state index contributed by atoms with van der Waals surface area (Å²) < 4.78 is 16.9. The molecule has 6 nitrogen and oxygen atoms in total. The second-order valence-corrected chi connectivity index (χ2v) is 8.07. The molecule has 0 radical (unpaired) electrons. The van der Waals surface area contributed by atoms with Gasteiger partial charge in [-0.25, -0.2) is 4.99 Å². The van der Waals surface area contributed by atoms with Gasteiger partial charge in [0.1, 0.15) is 10.1 Å². The molecule has 0 bridgehead atoms. The molecule has 0 saturated heterocycles. The van der Waals surface area contributed by atoms with Gasteiger partial charge in [-0.3, -0.25) is 4.79 Å². The minimum absolute atomic E-state index is 0.0657. The largest absolute Gasteiger partial charge is 0.496 e. The summed E-state index contributed by atoms with van der Waals surface area (Å²) in [7, 11) is 4.73. The third-order valence-electron chi connectivity index (χ3n) is 4.14. The second-order valence-electron chi connectivity index (χ2n) is 5.88. The lowest BCUT2D eigenvalue weighted by molar-refractivity contribution is -0.118. The standard InChI is InChI=1S/C20H22N2O4S2/c1-24-16-9-18(26-3)17(25-2)8-14(16)10-21-19(23)12-28-20-22-15-7-5-4-6-13(15)11-27-20/h4-9H,10-12H2,1-3H3,(H,21,23). The number of nitrogens with one attached hydrogen (secondary N) is 1. The Morgan fingerprint density at radius 3 is 2.57 bits per heavy atom. The molecule has 2 aromatic rings. The first-order chi connectivity index (χ1) is 13.6. The number of carbonyl (C=O) groups is 1. The van der Waals surface area contributed by atoms with Gasteiger partial charge in [-0.05, 0) is 17.7 Å². The van der Waals surface area contributed by atoms with Crippen molar-refractivity contribution in [2.24, 2.45) is 4.99 Å². The Morgan fingerprint density at radius 2 is 1.82 bits per heavy atom. The van der Waals surface area contributed by atoms with E-state index in [9.17, 15) is 4.79 Å². The first-order valence-electron chi connectivity index (χ1n) is 8.62. The highest BCUT2D eigenvalue weighted by atomic mass is 32.2. The molecule has 0 spiro atoms. The van der Waals surface area contributed by atoms with Crippen molar-refractivity contribution in [1.82, 2.24) is 5.32 Å². The van der Waals surface area contributed by atoms with Crippen LogP contribution in [0.1, 0.15) is 11.1 Å². The third-order valence-corrected chi connectivity index (χ3v) is 6.39. The van der Waals surface area contributed by atoms with E-state index in [1.807, 2.05) is 24.3 Å². The zero-order valence-corrected chi connectivity index (χ0v) is 17.6. The first kappa shape index (κ1) is 20.4. The van der Waals surface area contributed by atoms with Crippen LogP contribution in [-0.2, 0) is 17.1 Å². The average molecular weight is 419 g/mol. The van der Waals surface area contributed by atoms with Crippen molar-refractivity contribution in [3.05, 3.63) is 47.5 Å².